The van der Waals surface area contributed by atoms with Crippen molar-refractivity contribution in [2.24, 2.45) is 0 Å². The summed E-state index contributed by atoms with van der Waals surface area (Å²) < 4.78 is 5.49. The van der Waals surface area contributed by atoms with Crippen LogP contribution >= 0.6 is 11.6 Å². The Bertz CT molecular complexity index is 383. The van der Waals surface area contributed by atoms with Gasteiger partial charge in [0, 0.05) is 17.6 Å². The lowest BCUT2D eigenvalue weighted by molar-refractivity contribution is 0.0994. The molecule has 0 saturated carbocycles. The van der Waals surface area contributed by atoms with E-state index in [1.165, 1.54) is 0 Å². The van der Waals surface area contributed by atoms with Crippen molar-refractivity contribution >= 4 is 11.6 Å². The minimum absolute atomic E-state index is 0.0208. The lowest BCUT2D eigenvalue weighted by atomic mass is 10.2. The number of aryl methyl sites for hydroxylation is 1. The molecule has 0 amide bonds. The van der Waals surface area contributed by atoms with E-state index in [1.807, 2.05) is 19.9 Å². The first-order valence-corrected chi connectivity index (χ1v) is 6.85. The monoisotopic (exact) mass is 287 g/mol. The maximum atomic E-state index is 9.78. The quantitative estimate of drug-likeness (QED) is 0.682. The highest BCUT2D eigenvalue weighted by molar-refractivity contribution is 6.31. The smallest absolute Gasteiger partial charge is 0.119 e. The molecule has 0 aliphatic carbocycles. The van der Waals surface area contributed by atoms with Crippen LogP contribution in [-0.2, 0) is 0 Å². The van der Waals surface area contributed by atoms with Gasteiger partial charge in [0.2, 0.25) is 0 Å². The maximum absolute atomic E-state index is 9.78. The Hall–Kier alpha value is -0.810. The van der Waals surface area contributed by atoms with E-state index in [-0.39, 0.29) is 19.3 Å². The Morgan fingerprint density at radius 3 is 2.74 bits per heavy atom. The van der Waals surface area contributed by atoms with Gasteiger partial charge in [-0.3, -0.25) is 0 Å². The Labute approximate surface area is 119 Å². The van der Waals surface area contributed by atoms with Crippen LogP contribution in [0.5, 0.6) is 5.75 Å². The predicted molar refractivity (Wildman–Crippen MR) is 76.9 cm³/mol. The second kappa shape index (κ2) is 8.38. The summed E-state index contributed by atoms with van der Waals surface area (Å²) in [6.45, 7) is 4.55. The topological polar surface area (TPSA) is 61.7 Å². The van der Waals surface area contributed by atoms with Crippen LogP contribution in [0.3, 0.4) is 0 Å². The summed E-state index contributed by atoms with van der Waals surface area (Å²) in [7, 11) is 0. The molecule has 1 rings (SSSR count). The summed E-state index contributed by atoms with van der Waals surface area (Å²) >= 11 is 5.92. The fourth-order valence-corrected chi connectivity index (χ4v) is 1.72. The fraction of sp³-hybridized carbons (Fsp3) is 0.571. The van der Waals surface area contributed by atoms with E-state index < -0.39 is 6.10 Å². The molecular formula is C14H22ClNO3. The van der Waals surface area contributed by atoms with Gasteiger partial charge in [-0.1, -0.05) is 18.5 Å². The van der Waals surface area contributed by atoms with Crippen molar-refractivity contribution in [2.75, 3.05) is 19.8 Å². The zero-order valence-corrected chi connectivity index (χ0v) is 12.2. The summed E-state index contributed by atoms with van der Waals surface area (Å²) in [4.78, 5) is 0. The highest BCUT2D eigenvalue weighted by atomic mass is 35.5. The first-order valence-electron chi connectivity index (χ1n) is 6.48. The molecule has 2 atom stereocenters. The number of hydrogen-bond donors (Lipinski definition) is 3. The third-order valence-electron chi connectivity index (χ3n) is 2.93. The van der Waals surface area contributed by atoms with Crippen LogP contribution in [0.2, 0.25) is 5.02 Å². The number of nitrogens with one attached hydrogen (secondary N) is 1. The van der Waals surface area contributed by atoms with E-state index in [0.717, 1.165) is 12.0 Å². The van der Waals surface area contributed by atoms with Crippen molar-refractivity contribution in [2.45, 2.75) is 32.4 Å². The second-order valence-electron chi connectivity index (χ2n) is 4.57. The minimum atomic E-state index is -0.614. The van der Waals surface area contributed by atoms with Gasteiger partial charge in [0.1, 0.15) is 18.5 Å². The summed E-state index contributed by atoms with van der Waals surface area (Å²) in [5.41, 5.74) is 0.943. The molecule has 1 aromatic rings. The summed E-state index contributed by atoms with van der Waals surface area (Å²) in [6, 6.07) is 5.41. The Balaban J connectivity index is 2.33. The third kappa shape index (κ3) is 5.78. The van der Waals surface area contributed by atoms with Crippen LogP contribution in [0.4, 0.5) is 0 Å². The fourth-order valence-electron chi connectivity index (χ4n) is 1.60. The van der Waals surface area contributed by atoms with Crippen LogP contribution in [0, 0.1) is 6.92 Å². The molecule has 4 nitrogen and oxygen atoms in total. The van der Waals surface area contributed by atoms with Crippen molar-refractivity contribution < 1.29 is 14.9 Å². The molecule has 0 saturated heterocycles. The van der Waals surface area contributed by atoms with Gasteiger partial charge < -0.3 is 20.3 Å². The van der Waals surface area contributed by atoms with E-state index in [0.29, 0.717) is 17.3 Å². The number of rotatable bonds is 8. The molecule has 0 radical (unpaired) electrons. The molecular weight excluding hydrogens is 266 g/mol. The molecule has 108 valence electrons. The lowest BCUT2D eigenvalue weighted by Crippen LogP contribution is -2.39. The second-order valence-corrected chi connectivity index (χ2v) is 4.98. The van der Waals surface area contributed by atoms with Crippen LogP contribution in [0.15, 0.2) is 18.2 Å². The maximum Gasteiger partial charge on any atom is 0.119 e. The third-order valence-corrected chi connectivity index (χ3v) is 3.35. The summed E-state index contributed by atoms with van der Waals surface area (Å²) in [5, 5.41) is 22.6. The van der Waals surface area contributed by atoms with Gasteiger partial charge in [-0.05, 0) is 37.1 Å². The standard InChI is InChI=1S/C14H22ClNO3/c1-3-11(8-17)16-7-12(18)9-19-13-4-5-14(15)10(2)6-13/h4-6,11-12,16-18H,3,7-9H2,1-2H3. The van der Waals surface area contributed by atoms with Crippen molar-refractivity contribution in [1.29, 1.82) is 0 Å². The Morgan fingerprint density at radius 2 is 2.16 bits per heavy atom. The van der Waals surface area contributed by atoms with E-state index >= 15 is 0 Å². The van der Waals surface area contributed by atoms with Gasteiger partial charge >= 0.3 is 0 Å². The first kappa shape index (κ1) is 16.2. The van der Waals surface area contributed by atoms with Crippen molar-refractivity contribution in [3.05, 3.63) is 28.8 Å². The number of hydrogen-bond acceptors (Lipinski definition) is 4. The molecule has 0 bridgehead atoms. The number of halogens is 1. The predicted octanol–water partition coefficient (Wildman–Crippen LogP) is 1.75. The van der Waals surface area contributed by atoms with Crippen LogP contribution in [-0.4, -0.2) is 42.1 Å². The van der Waals surface area contributed by atoms with E-state index in [9.17, 15) is 5.11 Å². The molecule has 1 aromatic carbocycles. The van der Waals surface area contributed by atoms with Crippen LogP contribution in [0.1, 0.15) is 18.9 Å². The highest BCUT2D eigenvalue weighted by Gasteiger charge is 2.09. The molecule has 0 aliphatic heterocycles. The van der Waals surface area contributed by atoms with Gasteiger partial charge in [0.25, 0.3) is 0 Å². The molecule has 0 aliphatic rings. The number of aliphatic hydroxyl groups excluding tert-OH is 2. The molecule has 0 spiro atoms. The first-order chi connectivity index (χ1) is 9.06. The molecule has 0 fully saturated rings. The summed E-state index contributed by atoms with van der Waals surface area (Å²) in [6.07, 6.45) is 0.206. The normalized spacial score (nSPS) is 14.2. The highest BCUT2D eigenvalue weighted by Crippen LogP contribution is 2.21. The Kier molecular flexibility index (Phi) is 7.16. The SMILES string of the molecule is CCC(CO)NCC(O)COc1ccc(Cl)c(C)c1. The number of aliphatic hydroxyl groups is 2. The van der Waals surface area contributed by atoms with Gasteiger partial charge in [-0.25, -0.2) is 0 Å². The molecule has 5 heteroatoms. The molecule has 0 aromatic heterocycles. The molecule has 0 heterocycles. The van der Waals surface area contributed by atoms with Crippen molar-refractivity contribution in [3.63, 3.8) is 0 Å². The van der Waals surface area contributed by atoms with E-state index in [1.54, 1.807) is 12.1 Å². The van der Waals surface area contributed by atoms with Crippen LogP contribution < -0.4 is 10.1 Å². The van der Waals surface area contributed by atoms with Crippen LogP contribution in [0.25, 0.3) is 0 Å². The number of ether oxygens (including phenoxy) is 1. The van der Waals surface area contributed by atoms with E-state index in [4.69, 9.17) is 21.4 Å². The largest absolute Gasteiger partial charge is 0.491 e. The van der Waals surface area contributed by atoms with Gasteiger partial charge in [-0.15, -0.1) is 0 Å². The number of benzene rings is 1. The van der Waals surface area contributed by atoms with Gasteiger partial charge in [0.15, 0.2) is 0 Å². The average Bonchev–Trinajstić information content (AvgIpc) is 2.41. The van der Waals surface area contributed by atoms with E-state index in [2.05, 4.69) is 5.32 Å². The van der Waals surface area contributed by atoms with Crippen molar-refractivity contribution in [3.8, 4) is 5.75 Å². The minimum Gasteiger partial charge on any atom is -0.491 e. The van der Waals surface area contributed by atoms with Gasteiger partial charge in [-0.2, -0.15) is 0 Å². The summed E-state index contributed by atoms with van der Waals surface area (Å²) in [5.74, 6) is 0.690. The van der Waals surface area contributed by atoms with Crippen molar-refractivity contribution in [1.82, 2.24) is 5.32 Å². The molecule has 19 heavy (non-hydrogen) atoms. The van der Waals surface area contributed by atoms with Gasteiger partial charge in [0.05, 0.1) is 6.61 Å². The zero-order chi connectivity index (χ0) is 14.3. The average molecular weight is 288 g/mol. The Morgan fingerprint density at radius 1 is 1.42 bits per heavy atom. The molecule has 2 unspecified atom stereocenters. The zero-order valence-electron chi connectivity index (χ0n) is 11.4. The molecule has 3 N–H and O–H groups in total. The lowest BCUT2D eigenvalue weighted by Gasteiger charge is -2.18.